The Hall–Kier alpha value is -3.62. The second-order valence-electron chi connectivity index (χ2n) is 9.29. The van der Waals surface area contributed by atoms with E-state index in [1.807, 2.05) is 49.5 Å². The second-order valence-corrected chi connectivity index (χ2v) is 10.4. The SMILES string of the molecule is Cc1cnc(Nc2ccc(OCCN3CCCC3)cc2)nc1-c1ccc(-c2ccc3c(c2)OCCO3)s1. The first-order valence-corrected chi connectivity index (χ1v) is 13.6. The number of aryl methyl sites for hydroxylation is 1. The number of anilines is 2. The highest BCUT2D eigenvalue weighted by Crippen LogP contribution is 2.39. The zero-order chi connectivity index (χ0) is 25.0. The summed E-state index contributed by atoms with van der Waals surface area (Å²) in [5.74, 6) is 3.04. The molecule has 1 saturated heterocycles. The van der Waals surface area contributed by atoms with E-state index in [9.17, 15) is 0 Å². The highest BCUT2D eigenvalue weighted by Gasteiger charge is 2.15. The fourth-order valence-corrected chi connectivity index (χ4v) is 5.69. The molecule has 0 aliphatic carbocycles. The van der Waals surface area contributed by atoms with Gasteiger partial charge in [-0.15, -0.1) is 11.3 Å². The van der Waals surface area contributed by atoms with Gasteiger partial charge in [0.05, 0.1) is 10.6 Å². The number of likely N-dealkylation sites (tertiary alicyclic amines) is 1. The van der Waals surface area contributed by atoms with Crippen molar-refractivity contribution >= 4 is 23.0 Å². The monoisotopic (exact) mass is 514 g/mol. The third-order valence-electron chi connectivity index (χ3n) is 6.62. The molecule has 1 N–H and O–H groups in total. The largest absolute Gasteiger partial charge is 0.492 e. The maximum Gasteiger partial charge on any atom is 0.227 e. The van der Waals surface area contributed by atoms with Crippen molar-refractivity contribution in [2.45, 2.75) is 19.8 Å². The van der Waals surface area contributed by atoms with E-state index in [4.69, 9.17) is 19.2 Å². The van der Waals surface area contributed by atoms with E-state index in [-0.39, 0.29) is 0 Å². The zero-order valence-electron chi connectivity index (χ0n) is 20.9. The fraction of sp³-hybridized carbons (Fsp3) is 0.310. The van der Waals surface area contributed by atoms with Crippen LogP contribution >= 0.6 is 11.3 Å². The normalized spacial score (nSPS) is 15.1. The first-order valence-electron chi connectivity index (χ1n) is 12.8. The van der Waals surface area contributed by atoms with Gasteiger partial charge in [-0.05, 0) is 98.6 Å². The van der Waals surface area contributed by atoms with E-state index in [1.165, 1.54) is 25.9 Å². The molecule has 0 spiro atoms. The van der Waals surface area contributed by atoms with Crippen molar-refractivity contribution in [1.29, 1.82) is 0 Å². The van der Waals surface area contributed by atoms with Gasteiger partial charge in [0.2, 0.25) is 5.95 Å². The number of fused-ring (bicyclic) bond motifs is 1. The predicted molar refractivity (Wildman–Crippen MR) is 147 cm³/mol. The Kier molecular flexibility index (Phi) is 6.92. The van der Waals surface area contributed by atoms with Crippen LogP contribution < -0.4 is 19.5 Å². The molecule has 0 unspecified atom stereocenters. The molecule has 0 radical (unpaired) electrons. The van der Waals surface area contributed by atoms with Gasteiger partial charge in [-0.3, -0.25) is 4.90 Å². The van der Waals surface area contributed by atoms with Gasteiger partial charge in [0, 0.05) is 23.3 Å². The van der Waals surface area contributed by atoms with Crippen molar-refractivity contribution in [1.82, 2.24) is 14.9 Å². The van der Waals surface area contributed by atoms with Crippen LogP contribution in [0, 0.1) is 6.92 Å². The molecule has 37 heavy (non-hydrogen) atoms. The van der Waals surface area contributed by atoms with Crippen LogP contribution in [0.1, 0.15) is 18.4 Å². The lowest BCUT2D eigenvalue weighted by atomic mass is 10.1. The minimum Gasteiger partial charge on any atom is -0.492 e. The van der Waals surface area contributed by atoms with Crippen LogP contribution in [0.4, 0.5) is 11.6 Å². The van der Waals surface area contributed by atoms with Crippen molar-refractivity contribution in [3.05, 3.63) is 66.4 Å². The molecule has 0 bridgehead atoms. The summed E-state index contributed by atoms with van der Waals surface area (Å²) >= 11 is 1.70. The minimum absolute atomic E-state index is 0.567. The molecule has 6 rings (SSSR count). The molecule has 2 aromatic carbocycles. The molecule has 1 fully saturated rings. The summed E-state index contributed by atoms with van der Waals surface area (Å²) in [7, 11) is 0. The van der Waals surface area contributed by atoms with Gasteiger partial charge in [-0.25, -0.2) is 9.97 Å². The lowest BCUT2D eigenvalue weighted by Gasteiger charge is -2.18. The van der Waals surface area contributed by atoms with Gasteiger partial charge in [0.15, 0.2) is 11.5 Å². The van der Waals surface area contributed by atoms with Crippen LogP contribution in [-0.2, 0) is 0 Å². The minimum atomic E-state index is 0.567. The molecule has 7 nitrogen and oxygen atoms in total. The van der Waals surface area contributed by atoms with Gasteiger partial charge in [-0.1, -0.05) is 0 Å². The number of nitrogens with one attached hydrogen (secondary N) is 1. The highest BCUT2D eigenvalue weighted by atomic mass is 32.1. The third-order valence-corrected chi connectivity index (χ3v) is 7.76. The topological polar surface area (TPSA) is 68.7 Å². The van der Waals surface area contributed by atoms with Gasteiger partial charge in [-0.2, -0.15) is 0 Å². The van der Waals surface area contributed by atoms with E-state index in [0.717, 1.165) is 56.1 Å². The van der Waals surface area contributed by atoms with Crippen molar-refractivity contribution in [2.75, 3.05) is 44.8 Å². The molecule has 8 heteroatoms. The van der Waals surface area contributed by atoms with Crippen LogP contribution in [-0.4, -0.2) is 54.3 Å². The van der Waals surface area contributed by atoms with Gasteiger partial charge in [0.25, 0.3) is 0 Å². The van der Waals surface area contributed by atoms with Gasteiger partial charge in [0.1, 0.15) is 25.6 Å². The van der Waals surface area contributed by atoms with Crippen LogP contribution in [0.15, 0.2) is 60.8 Å². The van der Waals surface area contributed by atoms with E-state index < -0.39 is 0 Å². The Morgan fingerprint density at radius 2 is 1.73 bits per heavy atom. The van der Waals surface area contributed by atoms with Crippen molar-refractivity contribution in [2.24, 2.45) is 0 Å². The van der Waals surface area contributed by atoms with E-state index in [1.54, 1.807) is 11.3 Å². The van der Waals surface area contributed by atoms with Crippen LogP contribution in [0.5, 0.6) is 17.2 Å². The molecular weight excluding hydrogens is 484 g/mol. The van der Waals surface area contributed by atoms with Crippen LogP contribution in [0.3, 0.4) is 0 Å². The van der Waals surface area contributed by atoms with E-state index in [0.29, 0.717) is 25.8 Å². The maximum absolute atomic E-state index is 5.92. The fourth-order valence-electron chi connectivity index (χ4n) is 4.63. The highest BCUT2D eigenvalue weighted by molar-refractivity contribution is 7.18. The average Bonchev–Trinajstić information content (AvgIpc) is 3.63. The van der Waals surface area contributed by atoms with Gasteiger partial charge >= 0.3 is 0 Å². The summed E-state index contributed by atoms with van der Waals surface area (Å²) in [5.41, 5.74) is 3.98. The summed E-state index contributed by atoms with van der Waals surface area (Å²) in [6, 6.07) is 18.3. The zero-order valence-corrected chi connectivity index (χ0v) is 21.7. The molecule has 0 amide bonds. The van der Waals surface area contributed by atoms with Crippen LogP contribution in [0.25, 0.3) is 21.0 Å². The van der Waals surface area contributed by atoms with Gasteiger partial charge < -0.3 is 19.5 Å². The van der Waals surface area contributed by atoms with Crippen molar-refractivity contribution < 1.29 is 14.2 Å². The Morgan fingerprint density at radius 1 is 0.946 bits per heavy atom. The summed E-state index contributed by atoms with van der Waals surface area (Å²) in [4.78, 5) is 14.0. The summed E-state index contributed by atoms with van der Waals surface area (Å²) < 4.78 is 17.3. The molecule has 4 heterocycles. The molecule has 190 valence electrons. The number of rotatable bonds is 8. The quantitative estimate of drug-likeness (QED) is 0.302. The predicted octanol–water partition coefficient (Wildman–Crippen LogP) is 6.17. The lowest BCUT2D eigenvalue weighted by Crippen LogP contribution is -2.25. The van der Waals surface area contributed by atoms with Crippen molar-refractivity contribution in [3.8, 4) is 38.3 Å². The Labute approximate surface area is 221 Å². The van der Waals surface area contributed by atoms with Crippen LogP contribution in [0.2, 0.25) is 0 Å². The Morgan fingerprint density at radius 3 is 2.57 bits per heavy atom. The standard InChI is InChI=1S/C29H30N4O3S/c1-20-19-30-29(31-22-5-7-23(8-6-22)34-15-14-33-12-2-3-13-33)32-28(20)27-11-10-26(37-27)21-4-9-24-25(18-21)36-17-16-35-24/h4-11,18-19H,2-3,12-17H2,1H3,(H,30,31,32). The molecule has 2 aliphatic heterocycles. The number of thiophene rings is 1. The molecule has 0 saturated carbocycles. The maximum atomic E-state index is 5.92. The third kappa shape index (κ3) is 5.55. The smallest absolute Gasteiger partial charge is 0.227 e. The molecular formula is C29H30N4O3S. The number of hydrogen-bond acceptors (Lipinski definition) is 8. The number of aromatic nitrogens is 2. The Balaban J connectivity index is 1.13. The Bertz CT molecular complexity index is 1370. The lowest BCUT2D eigenvalue weighted by molar-refractivity contribution is 0.171. The molecule has 2 aliphatic rings. The average molecular weight is 515 g/mol. The van der Waals surface area contributed by atoms with Crippen molar-refractivity contribution in [3.63, 3.8) is 0 Å². The molecule has 0 atom stereocenters. The first kappa shape index (κ1) is 23.8. The summed E-state index contributed by atoms with van der Waals surface area (Å²) in [6.45, 7) is 7.29. The summed E-state index contributed by atoms with van der Waals surface area (Å²) in [5, 5.41) is 3.33. The molecule has 2 aromatic heterocycles. The molecule has 4 aromatic rings. The summed E-state index contributed by atoms with van der Waals surface area (Å²) in [6.07, 6.45) is 4.47. The number of benzene rings is 2. The number of nitrogens with zero attached hydrogens (tertiary/aromatic N) is 3. The number of ether oxygens (including phenoxy) is 3. The van der Waals surface area contributed by atoms with E-state index in [2.05, 4.69) is 33.4 Å². The first-order chi connectivity index (χ1) is 18.2. The van der Waals surface area contributed by atoms with E-state index >= 15 is 0 Å². The number of hydrogen-bond donors (Lipinski definition) is 1. The second kappa shape index (κ2) is 10.8.